The Balaban J connectivity index is 1.72. The molecule has 2 N–H and O–H groups in total. The molecule has 1 amide bonds. The molecule has 10 heteroatoms. The van der Waals surface area contributed by atoms with Crippen molar-refractivity contribution in [1.29, 1.82) is 5.26 Å². The lowest BCUT2D eigenvalue weighted by Gasteiger charge is -2.12. The molecule has 3 aromatic carbocycles. The van der Waals surface area contributed by atoms with Crippen molar-refractivity contribution in [1.82, 2.24) is 0 Å². The quantitative estimate of drug-likeness (QED) is 0.186. The van der Waals surface area contributed by atoms with E-state index in [1.54, 1.807) is 24.3 Å². The Kier molecular flexibility index (Phi) is 9.00. The average molecular weight is 614 g/mol. The zero-order valence-electron chi connectivity index (χ0n) is 18.7. The van der Waals surface area contributed by atoms with Gasteiger partial charge >= 0.3 is 11.9 Å². The second-order valence-corrected chi connectivity index (χ2v) is 9.01. The summed E-state index contributed by atoms with van der Waals surface area (Å²) in [6.45, 7) is 0.201. The van der Waals surface area contributed by atoms with E-state index in [1.165, 1.54) is 49.6 Å². The first-order valence-electron chi connectivity index (χ1n) is 10.3. The predicted octanol–water partition coefficient (Wildman–Crippen LogP) is 5.82. The highest BCUT2D eigenvalue weighted by Gasteiger charge is 2.14. The van der Waals surface area contributed by atoms with Crippen LogP contribution in [0.2, 0.25) is 0 Å². The Morgan fingerprint density at radius 3 is 2.11 bits per heavy atom. The molecule has 0 saturated heterocycles. The van der Waals surface area contributed by atoms with Gasteiger partial charge in [-0.3, -0.25) is 4.79 Å². The van der Waals surface area contributed by atoms with E-state index in [9.17, 15) is 19.6 Å². The number of carbonyl (C=O) groups excluding carboxylic acids is 2. The zero-order valence-corrected chi connectivity index (χ0v) is 21.9. The standard InChI is InChI=1S/C26H18Br2N2O6/c1-35-26(34)18-6-8-20(9-7-18)30-24(31)19(13-29)10-16-11-21(27)23(22(28)12-16)36-14-15-2-4-17(5-3-15)25(32)33/h2-12H,14H2,1H3,(H,30,31)(H,32,33)/b19-10+. The summed E-state index contributed by atoms with van der Waals surface area (Å²) in [6.07, 6.45) is 1.43. The summed E-state index contributed by atoms with van der Waals surface area (Å²) in [4.78, 5) is 35.1. The van der Waals surface area contributed by atoms with Gasteiger partial charge in [-0.15, -0.1) is 0 Å². The van der Waals surface area contributed by atoms with Gasteiger partial charge in [0.2, 0.25) is 0 Å². The van der Waals surface area contributed by atoms with Crippen molar-refractivity contribution in [3.8, 4) is 11.8 Å². The zero-order chi connectivity index (χ0) is 26.2. The molecule has 0 saturated carbocycles. The second-order valence-electron chi connectivity index (χ2n) is 7.30. The molecular weight excluding hydrogens is 596 g/mol. The van der Waals surface area contributed by atoms with Gasteiger partial charge in [-0.05, 0) is 97.6 Å². The highest BCUT2D eigenvalue weighted by molar-refractivity contribution is 9.11. The van der Waals surface area contributed by atoms with Gasteiger partial charge in [0, 0.05) is 5.69 Å². The maximum Gasteiger partial charge on any atom is 0.337 e. The van der Waals surface area contributed by atoms with Crippen molar-refractivity contribution in [2.45, 2.75) is 6.61 Å². The number of halogens is 2. The number of aromatic carboxylic acids is 1. The molecule has 0 spiro atoms. The molecule has 0 radical (unpaired) electrons. The molecule has 0 aliphatic carbocycles. The smallest absolute Gasteiger partial charge is 0.337 e. The average Bonchev–Trinajstić information content (AvgIpc) is 2.87. The molecule has 182 valence electrons. The topological polar surface area (TPSA) is 126 Å². The number of carbonyl (C=O) groups is 3. The Morgan fingerprint density at radius 2 is 1.58 bits per heavy atom. The van der Waals surface area contributed by atoms with Gasteiger partial charge in [-0.25, -0.2) is 9.59 Å². The van der Waals surface area contributed by atoms with Crippen LogP contribution in [-0.4, -0.2) is 30.1 Å². The highest BCUT2D eigenvalue weighted by atomic mass is 79.9. The monoisotopic (exact) mass is 612 g/mol. The van der Waals surface area contributed by atoms with Crippen molar-refractivity contribution in [3.05, 3.63) is 97.4 Å². The number of anilines is 1. The highest BCUT2D eigenvalue weighted by Crippen LogP contribution is 2.36. The maximum absolute atomic E-state index is 12.6. The van der Waals surface area contributed by atoms with Crippen LogP contribution in [0.4, 0.5) is 5.69 Å². The number of hydrogen-bond donors (Lipinski definition) is 2. The second kappa shape index (κ2) is 12.2. The van der Waals surface area contributed by atoms with Crippen LogP contribution < -0.4 is 10.1 Å². The van der Waals surface area contributed by atoms with Gasteiger partial charge in [0.25, 0.3) is 5.91 Å². The van der Waals surface area contributed by atoms with Crippen LogP contribution in [0.1, 0.15) is 31.8 Å². The number of ether oxygens (including phenoxy) is 2. The van der Waals surface area contributed by atoms with Gasteiger partial charge in [0.15, 0.2) is 0 Å². The number of carboxylic acid groups (broad SMARTS) is 1. The van der Waals surface area contributed by atoms with Gasteiger partial charge in [0.05, 0.1) is 27.2 Å². The summed E-state index contributed by atoms with van der Waals surface area (Å²) in [6, 6.07) is 17.7. The van der Waals surface area contributed by atoms with Crippen LogP contribution in [0.5, 0.6) is 5.75 Å². The first kappa shape index (κ1) is 26.7. The number of hydrogen-bond acceptors (Lipinski definition) is 6. The third-order valence-electron chi connectivity index (χ3n) is 4.84. The summed E-state index contributed by atoms with van der Waals surface area (Å²) < 4.78 is 11.7. The number of benzene rings is 3. The fraction of sp³-hybridized carbons (Fsp3) is 0.0769. The van der Waals surface area contributed by atoms with Crippen LogP contribution in [0.15, 0.2) is 75.2 Å². The minimum absolute atomic E-state index is 0.127. The lowest BCUT2D eigenvalue weighted by molar-refractivity contribution is -0.112. The van der Waals surface area contributed by atoms with E-state index >= 15 is 0 Å². The molecule has 0 atom stereocenters. The first-order chi connectivity index (χ1) is 17.2. The van der Waals surface area contributed by atoms with Crippen LogP contribution in [0, 0.1) is 11.3 Å². The molecule has 0 heterocycles. The number of rotatable bonds is 8. The summed E-state index contributed by atoms with van der Waals surface area (Å²) in [7, 11) is 1.28. The molecule has 3 aromatic rings. The molecular formula is C26H18Br2N2O6. The van der Waals surface area contributed by atoms with Crippen LogP contribution in [0.3, 0.4) is 0 Å². The largest absolute Gasteiger partial charge is 0.487 e. The van der Waals surface area contributed by atoms with E-state index in [-0.39, 0.29) is 17.7 Å². The Morgan fingerprint density at radius 1 is 1.00 bits per heavy atom. The van der Waals surface area contributed by atoms with Crippen molar-refractivity contribution < 1.29 is 29.0 Å². The Hall–Kier alpha value is -3.94. The number of nitrogens with zero attached hydrogens (tertiary/aromatic N) is 1. The predicted molar refractivity (Wildman–Crippen MR) is 140 cm³/mol. The molecule has 36 heavy (non-hydrogen) atoms. The van der Waals surface area contributed by atoms with Gasteiger partial charge in [-0.2, -0.15) is 5.26 Å². The van der Waals surface area contributed by atoms with E-state index in [0.29, 0.717) is 31.5 Å². The summed E-state index contributed by atoms with van der Waals surface area (Å²) >= 11 is 6.89. The molecule has 0 fully saturated rings. The molecule has 0 aliphatic heterocycles. The van der Waals surface area contributed by atoms with Crippen molar-refractivity contribution in [2.24, 2.45) is 0 Å². The van der Waals surface area contributed by atoms with Gasteiger partial charge < -0.3 is 19.9 Å². The van der Waals surface area contributed by atoms with Crippen molar-refractivity contribution in [2.75, 3.05) is 12.4 Å². The van der Waals surface area contributed by atoms with Gasteiger partial charge in [-0.1, -0.05) is 12.1 Å². The molecule has 0 aromatic heterocycles. The molecule has 0 aliphatic rings. The van der Waals surface area contributed by atoms with E-state index in [4.69, 9.17) is 9.84 Å². The van der Waals surface area contributed by atoms with Crippen LogP contribution in [-0.2, 0) is 16.1 Å². The van der Waals surface area contributed by atoms with Crippen molar-refractivity contribution in [3.63, 3.8) is 0 Å². The normalized spacial score (nSPS) is 10.8. The van der Waals surface area contributed by atoms with E-state index in [0.717, 1.165) is 5.56 Å². The minimum atomic E-state index is -1.00. The molecule has 0 bridgehead atoms. The summed E-state index contributed by atoms with van der Waals surface area (Å²) in [5.41, 5.74) is 2.16. The van der Waals surface area contributed by atoms with Crippen LogP contribution >= 0.6 is 31.9 Å². The van der Waals surface area contributed by atoms with E-state index < -0.39 is 17.8 Å². The Bertz CT molecular complexity index is 1350. The number of nitriles is 1. The van der Waals surface area contributed by atoms with E-state index in [2.05, 4.69) is 41.9 Å². The SMILES string of the molecule is COC(=O)c1ccc(NC(=O)/C(C#N)=C/c2cc(Br)c(OCc3ccc(C(=O)O)cc3)c(Br)c2)cc1. The Labute approximate surface area is 223 Å². The fourth-order valence-electron chi connectivity index (χ4n) is 3.02. The number of nitrogens with one attached hydrogen (secondary N) is 1. The third kappa shape index (κ3) is 6.81. The van der Waals surface area contributed by atoms with E-state index in [1.807, 2.05) is 6.07 Å². The number of esters is 1. The summed E-state index contributed by atoms with van der Waals surface area (Å²) in [5.74, 6) is -1.60. The molecule has 0 unspecified atom stereocenters. The number of carboxylic acids is 1. The molecule has 3 rings (SSSR count). The lowest BCUT2D eigenvalue weighted by Crippen LogP contribution is -2.13. The lowest BCUT2D eigenvalue weighted by atomic mass is 10.1. The summed E-state index contributed by atoms with van der Waals surface area (Å²) in [5, 5.41) is 21.1. The third-order valence-corrected chi connectivity index (χ3v) is 6.02. The van der Waals surface area contributed by atoms with Crippen molar-refractivity contribution >= 4 is 61.5 Å². The van der Waals surface area contributed by atoms with Crippen LogP contribution in [0.25, 0.3) is 6.08 Å². The number of amides is 1. The minimum Gasteiger partial charge on any atom is -0.487 e. The number of methoxy groups -OCH3 is 1. The molecule has 8 nitrogen and oxygen atoms in total. The van der Waals surface area contributed by atoms with Gasteiger partial charge in [0.1, 0.15) is 24.0 Å². The fourth-order valence-corrected chi connectivity index (χ4v) is 4.47. The first-order valence-corrected chi connectivity index (χ1v) is 11.9. The maximum atomic E-state index is 12.6.